The van der Waals surface area contributed by atoms with E-state index in [1.807, 2.05) is 47.8 Å². The van der Waals surface area contributed by atoms with E-state index in [0.717, 1.165) is 50.2 Å². The van der Waals surface area contributed by atoms with Crippen molar-refractivity contribution in [2.24, 2.45) is 0 Å². The molecule has 3 aromatic rings. The maximum atomic E-state index is 13.7. The average Bonchev–Trinajstić information content (AvgIpc) is 3.32. The molecule has 0 N–H and O–H groups in total. The lowest BCUT2D eigenvalue weighted by Crippen LogP contribution is -2.57. The SMILES string of the molecule is CCCC[C@H]1C(=O)N(c2cccc(C)c2C)CCN1Cc1cncn1CCc1ccc(C#N)cc1. The second-order valence-electron chi connectivity index (χ2n) is 9.47. The Morgan fingerprint density at radius 1 is 1.11 bits per heavy atom. The number of carbonyl (C=O) groups is 1. The van der Waals surface area contributed by atoms with E-state index >= 15 is 0 Å². The van der Waals surface area contributed by atoms with Crippen molar-refractivity contribution < 1.29 is 4.79 Å². The lowest BCUT2D eigenvalue weighted by Gasteiger charge is -2.41. The van der Waals surface area contributed by atoms with Crippen LogP contribution in [0.5, 0.6) is 0 Å². The smallest absolute Gasteiger partial charge is 0.244 e. The third-order valence-corrected chi connectivity index (χ3v) is 7.19. The first kappa shape index (κ1) is 24.7. The number of aromatic nitrogens is 2. The Morgan fingerprint density at radius 3 is 2.66 bits per heavy atom. The molecule has 182 valence electrons. The van der Waals surface area contributed by atoms with E-state index in [4.69, 9.17) is 5.26 Å². The summed E-state index contributed by atoms with van der Waals surface area (Å²) in [6.07, 6.45) is 7.66. The third kappa shape index (κ3) is 5.63. The lowest BCUT2D eigenvalue weighted by molar-refractivity contribution is -0.126. The van der Waals surface area contributed by atoms with Gasteiger partial charge in [-0.2, -0.15) is 5.26 Å². The minimum Gasteiger partial charge on any atom is -0.333 e. The van der Waals surface area contributed by atoms with Gasteiger partial charge in [-0.25, -0.2) is 4.98 Å². The summed E-state index contributed by atoms with van der Waals surface area (Å²) in [6.45, 7) is 9.47. The fourth-order valence-corrected chi connectivity index (χ4v) is 4.88. The van der Waals surface area contributed by atoms with E-state index in [1.54, 1.807) is 0 Å². The number of rotatable bonds is 9. The van der Waals surface area contributed by atoms with E-state index in [2.05, 4.69) is 53.4 Å². The van der Waals surface area contributed by atoms with E-state index in [1.165, 1.54) is 16.7 Å². The highest BCUT2D eigenvalue weighted by molar-refractivity contribution is 5.98. The van der Waals surface area contributed by atoms with E-state index in [0.29, 0.717) is 18.7 Å². The van der Waals surface area contributed by atoms with Crippen molar-refractivity contribution in [1.29, 1.82) is 5.26 Å². The largest absolute Gasteiger partial charge is 0.333 e. The number of unbranched alkanes of at least 4 members (excludes halogenated alkanes) is 1. The first-order valence-electron chi connectivity index (χ1n) is 12.6. The first-order chi connectivity index (χ1) is 17.0. The lowest BCUT2D eigenvalue weighted by atomic mass is 10.0. The molecule has 6 heteroatoms. The standard InChI is InChI=1S/C29H35N5O/c1-4-5-8-28-29(35)34(27-9-6-7-22(2)23(27)3)17-16-32(28)20-26-19-31-21-33(26)15-14-24-10-12-25(18-30)13-11-24/h6-7,9-13,19,21,28H,4-5,8,14-17,20H2,1-3H3/t28-/m0/s1. The van der Waals surface area contributed by atoms with Gasteiger partial charge < -0.3 is 9.47 Å². The van der Waals surface area contributed by atoms with Gasteiger partial charge in [-0.05, 0) is 61.6 Å². The molecule has 2 aromatic carbocycles. The van der Waals surface area contributed by atoms with Gasteiger partial charge in [-0.3, -0.25) is 9.69 Å². The van der Waals surface area contributed by atoms with Crippen LogP contribution in [0, 0.1) is 25.2 Å². The molecule has 0 radical (unpaired) electrons. The molecule has 1 saturated heterocycles. The summed E-state index contributed by atoms with van der Waals surface area (Å²) in [5, 5.41) is 9.01. The zero-order chi connectivity index (χ0) is 24.8. The summed E-state index contributed by atoms with van der Waals surface area (Å²) in [4.78, 5) is 22.5. The van der Waals surface area contributed by atoms with E-state index in [9.17, 15) is 4.79 Å². The highest BCUT2D eigenvalue weighted by atomic mass is 16.2. The summed E-state index contributed by atoms with van der Waals surface area (Å²) < 4.78 is 2.19. The molecule has 2 heterocycles. The maximum Gasteiger partial charge on any atom is 0.244 e. The minimum atomic E-state index is -0.120. The maximum absolute atomic E-state index is 13.7. The Balaban J connectivity index is 1.48. The van der Waals surface area contributed by atoms with Crippen LogP contribution in [0.2, 0.25) is 0 Å². The molecule has 1 aliphatic heterocycles. The van der Waals surface area contributed by atoms with Crippen LogP contribution in [0.3, 0.4) is 0 Å². The quantitative estimate of drug-likeness (QED) is 0.441. The number of piperazine rings is 1. The highest BCUT2D eigenvalue weighted by Crippen LogP contribution is 2.28. The summed E-state index contributed by atoms with van der Waals surface area (Å²) in [5.41, 5.74) is 6.46. The van der Waals surface area contributed by atoms with Gasteiger partial charge in [0.15, 0.2) is 0 Å². The number of nitriles is 1. The van der Waals surface area contributed by atoms with Gasteiger partial charge in [-0.15, -0.1) is 0 Å². The van der Waals surface area contributed by atoms with Gasteiger partial charge in [0.2, 0.25) is 5.91 Å². The summed E-state index contributed by atoms with van der Waals surface area (Å²) in [7, 11) is 0. The molecule has 1 atom stereocenters. The van der Waals surface area contributed by atoms with Crippen LogP contribution in [0.1, 0.15) is 54.1 Å². The molecule has 0 aliphatic carbocycles. The molecule has 0 unspecified atom stereocenters. The van der Waals surface area contributed by atoms with E-state index < -0.39 is 0 Å². The number of amides is 1. The third-order valence-electron chi connectivity index (χ3n) is 7.19. The summed E-state index contributed by atoms with van der Waals surface area (Å²) in [6, 6.07) is 16.0. The van der Waals surface area contributed by atoms with Crippen molar-refractivity contribution in [3.63, 3.8) is 0 Å². The van der Waals surface area contributed by atoms with Gasteiger partial charge in [-0.1, -0.05) is 44.0 Å². The van der Waals surface area contributed by atoms with Gasteiger partial charge >= 0.3 is 0 Å². The fourth-order valence-electron chi connectivity index (χ4n) is 4.88. The van der Waals surface area contributed by atoms with E-state index in [-0.39, 0.29) is 11.9 Å². The Labute approximate surface area is 208 Å². The van der Waals surface area contributed by atoms with Gasteiger partial charge in [0.25, 0.3) is 0 Å². The van der Waals surface area contributed by atoms with Crippen molar-refractivity contribution in [2.45, 2.75) is 65.6 Å². The Morgan fingerprint density at radius 2 is 1.91 bits per heavy atom. The zero-order valence-corrected chi connectivity index (χ0v) is 21.1. The molecule has 1 aliphatic rings. The topological polar surface area (TPSA) is 65.2 Å². The average molecular weight is 470 g/mol. The molecule has 1 aromatic heterocycles. The van der Waals surface area contributed by atoms with Gasteiger partial charge in [0.1, 0.15) is 0 Å². The number of imidazole rings is 1. The zero-order valence-electron chi connectivity index (χ0n) is 21.1. The Hall–Kier alpha value is -3.43. The van der Waals surface area contributed by atoms with Crippen molar-refractivity contribution in [3.05, 3.63) is 82.9 Å². The molecule has 4 rings (SSSR count). The van der Waals surface area contributed by atoms with Crippen LogP contribution in [0.4, 0.5) is 5.69 Å². The molecule has 6 nitrogen and oxygen atoms in total. The van der Waals surface area contributed by atoms with Crippen LogP contribution in [-0.4, -0.2) is 39.5 Å². The number of aryl methyl sites for hydroxylation is 3. The molecule has 0 saturated carbocycles. The highest BCUT2D eigenvalue weighted by Gasteiger charge is 2.35. The molecule has 0 spiro atoms. The molecular weight excluding hydrogens is 434 g/mol. The molecule has 0 bridgehead atoms. The summed E-state index contributed by atoms with van der Waals surface area (Å²) >= 11 is 0. The fraction of sp³-hybridized carbons (Fsp3) is 0.414. The Bertz CT molecular complexity index is 1190. The Kier molecular flexibility index (Phi) is 7.99. The van der Waals surface area contributed by atoms with Crippen LogP contribution in [0.15, 0.2) is 55.0 Å². The number of anilines is 1. The number of hydrogen-bond donors (Lipinski definition) is 0. The van der Waals surface area contributed by atoms with Crippen LogP contribution >= 0.6 is 0 Å². The van der Waals surface area contributed by atoms with Crippen molar-refractivity contribution in [3.8, 4) is 6.07 Å². The van der Waals surface area contributed by atoms with Crippen molar-refractivity contribution in [2.75, 3.05) is 18.0 Å². The van der Waals surface area contributed by atoms with Crippen molar-refractivity contribution in [1.82, 2.24) is 14.5 Å². The number of carbonyl (C=O) groups excluding carboxylic acids is 1. The van der Waals surface area contributed by atoms with Gasteiger partial charge in [0, 0.05) is 38.1 Å². The number of hydrogen-bond acceptors (Lipinski definition) is 4. The molecule has 1 fully saturated rings. The van der Waals surface area contributed by atoms with Crippen molar-refractivity contribution >= 4 is 11.6 Å². The monoisotopic (exact) mass is 469 g/mol. The molecule has 1 amide bonds. The first-order valence-corrected chi connectivity index (χ1v) is 12.6. The minimum absolute atomic E-state index is 0.120. The predicted molar refractivity (Wildman–Crippen MR) is 139 cm³/mol. The molecule has 35 heavy (non-hydrogen) atoms. The van der Waals surface area contributed by atoms with Crippen LogP contribution in [-0.2, 0) is 24.3 Å². The number of nitrogens with zero attached hydrogens (tertiary/aromatic N) is 5. The molecular formula is C29H35N5O. The van der Waals surface area contributed by atoms with Crippen LogP contribution in [0.25, 0.3) is 0 Å². The predicted octanol–water partition coefficient (Wildman–Crippen LogP) is 5.02. The van der Waals surface area contributed by atoms with Gasteiger partial charge in [0.05, 0.1) is 29.7 Å². The second kappa shape index (κ2) is 11.3. The second-order valence-corrected chi connectivity index (χ2v) is 9.47. The number of benzene rings is 2. The normalized spacial score (nSPS) is 16.5. The summed E-state index contributed by atoms with van der Waals surface area (Å²) in [5.74, 6) is 0.210. The van der Waals surface area contributed by atoms with Crippen LogP contribution < -0.4 is 4.90 Å².